The molecular formula is C10H17F2N3O2. The standard InChI is InChI=1S/C10H17F2N3O2/c1-16-6-7-17-5-3-13-8-9-14-2-4-15(9)10(11)12/h2,4,10,13H,3,5-8H2,1H3. The van der Waals surface area contributed by atoms with E-state index in [1.807, 2.05) is 0 Å². The largest absolute Gasteiger partial charge is 0.382 e. The molecule has 0 aliphatic heterocycles. The number of rotatable bonds is 9. The number of alkyl halides is 2. The zero-order chi connectivity index (χ0) is 12.5. The third-order valence-electron chi connectivity index (χ3n) is 2.10. The van der Waals surface area contributed by atoms with Gasteiger partial charge in [-0.3, -0.25) is 4.57 Å². The minimum absolute atomic E-state index is 0.297. The molecule has 7 heteroatoms. The smallest absolute Gasteiger partial charge is 0.319 e. The molecule has 98 valence electrons. The summed E-state index contributed by atoms with van der Waals surface area (Å²) in [7, 11) is 1.60. The summed E-state index contributed by atoms with van der Waals surface area (Å²) in [5.74, 6) is 0.317. The van der Waals surface area contributed by atoms with Gasteiger partial charge in [0.1, 0.15) is 5.82 Å². The molecule has 0 bridgehead atoms. The fraction of sp³-hybridized carbons (Fsp3) is 0.700. The van der Waals surface area contributed by atoms with Crippen molar-refractivity contribution in [3.05, 3.63) is 18.2 Å². The molecule has 0 spiro atoms. The number of nitrogens with zero attached hydrogens (tertiary/aromatic N) is 2. The summed E-state index contributed by atoms with van der Waals surface area (Å²) in [6.07, 6.45) is 2.62. The SMILES string of the molecule is COCCOCCNCc1nccn1C(F)F. The highest BCUT2D eigenvalue weighted by Crippen LogP contribution is 2.11. The van der Waals surface area contributed by atoms with Crippen LogP contribution in [0.2, 0.25) is 0 Å². The van der Waals surface area contributed by atoms with Gasteiger partial charge in [-0.2, -0.15) is 8.78 Å². The summed E-state index contributed by atoms with van der Waals surface area (Å²) in [5, 5.41) is 2.98. The summed E-state index contributed by atoms with van der Waals surface area (Å²) in [6, 6.07) is 0. The highest BCUT2D eigenvalue weighted by molar-refractivity contribution is 4.92. The molecule has 0 aliphatic rings. The van der Waals surface area contributed by atoms with Crippen molar-refractivity contribution in [3.63, 3.8) is 0 Å². The zero-order valence-corrected chi connectivity index (χ0v) is 9.73. The highest BCUT2D eigenvalue weighted by Gasteiger charge is 2.10. The molecule has 0 saturated carbocycles. The van der Waals surface area contributed by atoms with Crippen LogP contribution in [0.15, 0.2) is 12.4 Å². The van der Waals surface area contributed by atoms with Crippen LogP contribution in [0.4, 0.5) is 8.78 Å². The molecule has 0 aromatic carbocycles. The molecule has 0 unspecified atom stereocenters. The molecule has 1 aromatic rings. The van der Waals surface area contributed by atoms with Crippen molar-refractivity contribution in [2.24, 2.45) is 0 Å². The molecule has 5 nitrogen and oxygen atoms in total. The van der Waals surface area contributed by atoms with E-state index < -0.39 is 6.55 Å². The average Bonchev–Trinajstić information content (AvgIpc) is 2.76. The first kappa shape index (κ1) is 14.0. The van der Waals surface area contributed by atoms with E-state index in [0.717, 1.165) is 4.57 Å². The van der Waals surface area contributed by atoms with E-state index in [0.29, 0.717) is 38.7 Å². The molecule has 0 atom stereocenters. The predicted molar refractivity (Wildman–Crippen MR) is 57.9 cm³/mol. The second-order valence-electron chi connectivity index (χ2n) is 3.31. The lowest BCUT2D eigenvalue weighted by Crippen LogP contribution is -2.22. The van der Waals surface area contributed by atoms with Gasteiger partial charge in [0.2, 0.25) is 0 Å². The fourth-order valence-electron chi connectivity index (χ4n) is 1.25. The van der Waals surface area contributed by atoms with Gasteiger partial charge >= 0.3 is 6.55 Å². The number of ether oxygens (including phenoxy) is 2. The topological polar surface area (TPSA) is 48.3 Å². The minimum Gasteiger partial charge on any atom is -0.382 e. The lowest BCUT2D eigenvalue weighted by molar-refractivity contribution is 0.0650. The molecule has 0 radical (unpaired) electrons. The van der Waals surface area contributed by atoms with Gasteiger partial charge in [-0.05, 0) is 0 Å². The van der Waals surface area contributed by atoms with Gasteiger partial charge in [-0.25, -0.2) is 4.98 Å². The number of halogens is 2. The van der Waals surface area contributed by atoms with E-state index in [9.17, 15) is 8.78 Å². The van der Waals surface area contributed by atoms with Gasteiger partial charge in [-0.1, -0.05) is 0 Å². The number of nitrogens with one attached hydrogen (secondary N) is 1. The molecule has 1 heterocycles. The molecule has 0 saturated heterocycles. The van der Waals surface area contributed by atoms with Crippen molar-refractivity contribution < 1.29 is 18.3 Å². The summed E-state index contributed by atoms with van der Waals surface area (Å²) < 4.78 is 35.7. The van der Waals surface area contributed by atoms with Crippen LogP contribution >= 0.6 is 0 Å². The fourth-order valence-corrected chi connectivity index (χ4v) is 1.25. The van der Waals surface area contributed by atoms with Gasteiger partial charge in [0.05, 0.1) is 26.4 Å². The Labute approximate surface area is 98.7 Å². The molecule has 0 aliphatic carbocycles. The second-order valence-corrected chi connectivity index (χ2v) is 3.31. The van der Waals surface area contributed by atoms with E-state index in [-0.39, 0.29) is 0 Å². The lowest BCUT2D eigenvalue weighted by atomic mass is 10.5. The zero-order valence-electron chi connectivity index (χ0n) is 9.73. The maximum atomic E-state index is 12.4. The summed E-state index contributed by atoms with van der Waals surface area (Å²) in [6.45, 7) is -0.0735. The van der Waals surface area contributed by atoms with Gasteiger partial charge in [0.25, 0.3) is 0 Å². The molecule has 1 aromatic heterocycles. The van der Waals surface area contributed by atoms with Gasteiger partial charge in [-0.15, -0.1) is 0 Å². The Morgan fingerprint density at radius 3 is 2.94 bits per heavy atom. The van der Waals surface area contributed by atoms with Gasteiger partial charge in [0, 0.05) is 26.0 Å². The third-order valence-corrected chi connectivity index (χ3v) is 2.10. The first-order valence-electron chi connectivity index (χ1n) is 5.33. The Morgan fingerprint density at radius 2 is 2.24 bits per heavy atom. The summed E-state index contributed by atoms with van der Waals surface area (Å²) in [5.41, 5.74) is 0. The van der Waals surface area contributed by atoms with Crippen molar-refractivity contribution in [1.82, 2.24) is 14.9 Å². The van der Waals surface area contributed by atoms with Crippen molar-refractivity contribution in [3.8, 4) is 0 Å². The van der Waals surface area contributed by atoms with Crippen LogP contribution in [0.3, 0.4) is 0 Å². The third kappa shape index (κ3) is 5.20. The highest BCUT2D eigenvalue weighted by atomic mass is 19.3. The summed E-state index contributed by atoms with van der Waals surface area (Å²) in [4.78, 5) is 3.84. The van der Waals surface area contributed by atoms with Crippen molar-refractivity contribution in [2.75, 3.05) is 33.5 Å². The van der Waals surface area contributed by atoms with E-state index in [1.54, 1.807) is 7.11 Å². The second kappa shape index (κ2) is 8.10. The predicted octanol–water partition coefficient (Wildman–Crippen LogP) is 1.03. The van der Waals surface area contributed by atoms with Crippen molar-refractivity contribution in [1.29, 1.82) is 0 Å². The Morgan fingerprint density at radius 1 is 1.41 bits per heavy atom. The molecule has 17 heavy (non-hydrogen) atoms. The van der Waals surface area contributed by atoms with E-state index in [1.165, 1.54) is 12.4 Å². The van der Waals surface area contributed by atoms with Crippen LogP contribution in [0.25, 0.3) is 0 Å². The van der Waals surface area contributed by atoms with Crippen molar-refractivity contribution in [2.45, 2.75) is 13.1 Å². The Balaban J connectivity index is 2.11. The van der Waals surface area contributed by atoms with E-state index in [2.05, 4.69) is 10.3 Å². The normalized spacial score (nSPS) is 11.3. The number of hydrogen-bond donors (Lipinski definition) is 1. The molecule has 1 rings (SSSR count). The van der Waals surface area contributed by atoms with Crippen LogP contribution in [0, 0.1) is 0 Å². The first-order chi connectivity index (χ1) is 8.25. The quantitative estimate of drug-likeness (QED) is 0.664. The van der Waals surface area contributed by atoms with Crippen LogP contribution in [-0.4, -0.2) is 43.0 Å². The first-order valence-corrected chi connectivity index (χ1v) is 5.33. The lowest BCUT2D eigenvalue weighted by Gasteiger charge is -2.08. The number of methoxy groups -OCH3 is 1. The molecule has 1 N–H and O–H groups in total. The summed E-state index contributed by atoms with van der Waals surface area (Å²) >= 11 is 0. The maximum Gasteiger partial charge on any atom is 0.319 e. The Kier molecular flexibility index (Phi) is 6.68. The van der Waals surface area contributed by atoms with Crippen molar-refractivity contribution >= 4 is 0 Å². The Hall–Kier alpha value is -1.05. The molecule has 0 amide bonds. The number of aromatic nitrogens is 2. The van der Waals surface area contributed by atoms with Crippen LogP contribution < -0.4 is 5.32 Å². The van der Waals surface area contributed by atoms with Crippen LogP contribution in [0.5, 0.6) is 0 Å². The van der Waals surface area contributed by atoms with E-state index >= 15 is 0 Å². The molecule has 0 fully saturated rings. The maximum absolute atomic E-state index is 12.4. The van der Waals surface area contributed by atoms with E-state index in [4.69, 9.17) is 9.47 Å². The average molecular weight is 249 g/mol. The minimum atomic E-state index is -2.55. The number of imidazole rings is 1. The van der Waals surface area contributed by atoms with Crippen LogP contribution in [-0.2, 0) is 16.0 Å². The van der Waals surface area contributed by atoms with Gasteiger partial charge < -0.3 is 14.8 Å². The van der Waals surface area contributed by atoms with Gasteiger partial charge in [0.15, 0.2) is 0 Å². The molecular weight excluding hydrogens is 232 g/mol. The number of hydrogen-bond acceptors (Lipinski definition) is 4. The Bertz CT molecular complexity index is 307. The van der Waals surface area contributed by atoms with Crippen LogP contribution in [0.1, 0.15) is 12.4 Å². The monoisotopic (exact) mass is 249 g/mol.